The van der Waals surface area contributed by atoms with Gasteiger partial charge in [0.15, 0.2) is 0 Å². The fraction of sp³-hybridized carbons (Fsp3) is 0.348. The second-order valence-electron chi connectivity index (χ2n) is 7.85. The highest BCUT2D eigenvalue weighted by atomic mass is 35.5. The number of fused-ring (bicyclic) bond motifs is 1. The molecule has 146 valence electrons. The first-order valence-corrected chi connectivity index (χ1v) is 10.4. The molecule has 1 aliphatic carbocycles. The largest absolute Gasteiger partial charge is 0.508 e. The molecule has 1 aliphatic heterocycles. The van der Waals surface area contributed by atoms with Gasteiger partial charge in [-0.05, 0) is 48.7 Å². The Morgan fingerprint density at radius 3 is 2.50 bits per heavy atom. The van der Waals surface area contributed by atoms with Crippen molar-refractivity contribution < 1.29 is 9.90 Å². The lowest BCUT2D eigenvalue weighted by molar-refractivity contribution is -0.127. The summed E-state index contributed by atoms with van der Waals surface area (Å²) < 4.78 is 0. The standard InChI is InChI=1S/C23H23Cl2NO2/c1-3-23-11-10-18(17-9-8-16(27)12-19(17)25)20(14-4-6-15(24)7-5-14)21(23)13(2)26-22(23)28/h4-13,18,20-21,27H,3H2,1-2H3,(H,26,28)/t13?,18?,20?,21?,23-/m1/s1. The van der Waals surface area contributed by atoms with Crippen LogP contribution in [0.3, 0.4) is 0 Å². The van der Waals surface area contributed by atoms with Crippen LogP contribution in [-0.4, -0.2) is 17.1 Å². The van der Waals surface area contributed by atoms with Crippen LogP contribution in [-0.2, 0) is 4.79 Å². The van der Waals surface area contributed by atoms with Gasteiger partial charge >= 0.3 is 0 Å². The van der Waals surface area contributed by atoms with Crippen LogP contribution in [0.2, 0.25) is 10.0 Å². The maximum absolute atomic E-state index is 12.9. The number of aromatic hydroxyl groups is 1. The third-order valence-electron chi connectivity index (χ3n) is 6.47. The van der Waals surface area contributed by atoms with Crippen LogP contribution in [0.4, 0.5) is 0 Å². The number of hydrogen-bond acceptors (Lipinski definition) is 2. The summed E-state index contributed by atoms with van der Waals surface area (Å²) in [5.74, 6) is 0.377. The van der Waals surface area contributed by atoms with Gasteiger partial charge in [0.05, 0.1) is 5.41 Å². The van der Waals surface area contributed by atoms with Gasteiger partial charge in [0.2, 0.25) is 5.91 Å². The Hall–Kier alpha value is -1.97. The normalized spacial score (nSPS) is 31.5. The van der Waals surface area contributed by atoms with Crippen molar-refractivity contribution in [3.63, 3.8) is 0 Å². The fourth-order valence-corrected chi connectivity index (χ4v) is 5.59. The predicted molar refractivity (Wildman–Crippen MR) is 113 cm³/mol. The van der Waals surface area contributed by atoms with Gasteiger partial charge in [0.1, 0.15) is 5.75 Å². The number of hydrogen-bond donors (Lipinski definition) is 2. The smallest absolute Gasteiger partial charge is 0.230 e. The van der Waals surface area contributed by atoms with Crippen molar-refractivity contribution in [2.24, 2.45) is 11.3 Å². The second kappa shape index (κ2) is 7.13. The first kappa shape index (κ1) is 19.4. The fourth-order valence-electron chi connectivity index (χ4n) is 5.16. The molecule has 0 spiro atoms. The SMILES string of the molecule is CC[C@@]12C=CC(c3ccc(O)cc3Cl)C(c3ccc(Cl)cc3)C1C(C)NC2=O. The highest BCUT2D eigenvalue weighted by Gasteiger charge is 2.57. The second-order valence-corrected chi connectivity index (χ2v) is 8.69. The maximum atomic E-state index is 12.9. The molecule has 5 atom stereocenters. The van der Waals surface area contributed by atoms with E-state index >= 15 is 0 Å². The number of carbonyl (C=O) groups is 1. The summed E-state index contributed by atoms with van der Waals surface area (Å²) in [6.45, 7) is 4.15. The van der Waals surface area contributed by atoms with Gasteiger partial charge in [0.25, 0.3) is 0 Å². The number of nitrogens with one attached hydrogen (secondary N) is 1. The summed E-state index contributed by atoms with van der Waals surface area (Å²) in [6, 6.07) is 13.0. The van der Waals surface area contributed by atoms with Crippen molar-refractivity contribution in [3.8, 4) is 5.75 Å². The van der Waals surface area contributed by atoms with E-state index in [0.29, 0.717) is 10.0 Å². The molecule has 5 heteroatoms. The van der Waals surface area contributed by atoms with Crippen LogP contribution in [0.25, 0.3) is 0 Å². The van der Waals surface area contributed by atoms with Crippen molar-refractivity contribution in [3.05, 3.63) is 75.8 Å². The molecule has 2 aromatic rings. The van der Waals surface area contributed by atoms with Crippen LogP contribution in [0.5, 0.6) is 5.75 Å². The van der Waals surface area contributed by atoms with Crippen molar-refractivity contribution in [1.29, 1.82) is 0 Å². The number of phenols is 1. The van der Waals surface area contributed by atoms with E-state index in [1.807, 2.05) is 30.3 Å². The zero-order chi connectivity index (χ0) is 20.1. The first-order valence-electron chi connectivity index (χ1n) is 9.61. The zero-order valence-corrected chi connectivity index (χ0v) is 17.3. The Bertz CT molecular complexity index is 940. The number of phenolic OH excluding ortho intramolecular Hbond substituents is 1. The quantitative estimate of drug-likeness (QED) is 0.634. The van der Waals surface area contributed by atoms with Crippen molar-refractivity contribution in [2.75, 3.05) is 0 Å². The Morgan fingerprint density at radius 2 is 1.86 bits per heavy atom. The molecule has 0 bridgehead atoms. The molecule has 1 heterocycles. The number of carbonyl (C=O) groups excluding carboxylic acids is 1. The van der Waals surface area contributed by atoms with E-state index in [1.165, 1.54) is 0 Å². The summed E-state index contributed by atoms with van der Waals surface area (Å²) in [5.41, 5.74) is 1.56. The van der Waals surface area contributed by atoms with E-state index in [-0.39, 0.29) is 35.5 Å². The van der Waals surface area contributed by atoms with Crippen LogP contribution in [0.1, 0.15) is 43.2 Å². The topological polar surface area (TPSA) is 49.3 Å². The average molecular weight is 416 g/mol. The molecular formula is C23H23Cl2NO2. The van der Waals surface area contributed by atoms with Gasteiger partial charge in [-0.3, -0.25) is 4.79 Å². The predicted octanol–water partition coefficient (Wildman–Crippen LogP) is 5.67. The Balaban J connectivity index is 1.92. The first-order chi connectivity index (χ1) is 13.4. The van der Waals surface area contributed by atoms with Crippen molar-refractivity contribution in [1.82, 2.24) is 5.32 Å². The molecule has 0 radical (unpaired) electrons. The van der Waals surface area contributed by atoms with Gasteiger partial charge in [-0.1, -0.05) is 60.5 Å². The lowest BCUT2D eigenvalue weighted by Crippen LogP contribution is -2.41. The minimum atomic E-state index is -0.524. The highest BCUT2D eigenvalue weighted by molar-refractivity contribution is 6.31. The lowest BCUT2D eigenvalue weighted by atomic mass is 9.57. The summed E-state index contributed by atoms with van der Waals surface area (Å²) >= 11 is 12.7. The molecule has 4 unspecified atom stereocenters. The third kappa shape index (κ3) is 2.92. The van der Waals surface area contributed by atoms with E-state index in [9.17, 15) is 9.90 Å². The van der Waals surface area contributed by atoms with Gasteiger partial charge in [0, 0.05) is 33.8 Å². The molecule has 2 N–H and O–H groups in total. The zero-order valence-electron chi connectivity index (χ0n) is 15.8. The van der Waals surface area contributed by atoms with E-state index in [2.05, 4.69) is 31.3 Å². The summed E-state index contributed by atoms with van der Waals surface area (Å²) in [7, 11) is 0. The van der Waals surface area contributed by atoms with E-state index in [1.54, 1.807) is 12.1 Å². The molecule has 2 aliphatic rings. The Morgan fingerprint density at radius 1 is 1.14 bits per heavy atom. The van der Waals surface area contributed by atoms with Crippen LogP contribution < -0.4 is 5.32 Å². The summed E-state index contributed by atoms with van der Waals surface area (Å²) in [4.78, 5) is 12.9. The molecule has 0 aromatic heterocycles. The number of benzene rings is 2. The molecule has 1 saturated heterocycles. The minimum Gasteiger partial charge on any atom is -0.508 e. The Labute approximate surface area is 175 Å². The maximum Gasteiger partial charge on any atom is 0.230 e. The average Bonchev–Trinajstić information content (AvgIpc) is 2.93. The van der Waals surface area contributed by atoms with Crippen molar-refractivity contribution >= 4 is 29.1 Å². The highest BCUT2D eigenvalue weighted by Crippen LogP contribution is 2.57. The lowest BCUT2D eigenvalue weighted by Gasteiger charge is -2.44. The molecule has 3 nitrogen and oxygen atoms in total. The molecule has 2 aromatic carbocycles. The van der Waals surface area contributed by atoms with Gasteiger partial charge in [-0.15, -0.1) is 0 Å². The van der Waals surface area contributed by atoms with E-state index in [4.69, 9.17) is 23.2 Å². The van der Waals surface area contributed by atoms with Gasteiger partial charge in [-0.25, -0.2) is 0 Å². The monoisotopic (exact) mass is 415 g/mol. The van der Waals surface area contributed by atoms with E-state index in [0.717, 1.165) is 17.5 Å². The molecule has 0 saturated carbocycles. The van der Waals surface area contributed by atoms with Crippen molar-refractivity contribution in [2.45, 2.75) is 38.1 Å². The summed E-state index contributed by atoms with van der Waals surface area (Å²) in [6.07, 6.45) is 4.94. The van der Waals surface area contributed by atoms with Gasteiger partial charge < -0.3 is 10.4 Å². The number of halogens is 2. The molecule has 1 amide bonds. The summed E-state index contributed by atoms with van der Waals surface area (Å²) in [5, 5.41) is 14.2. The minimum absolute atomic E-state index is 0.00546. The van der Waals surface area contributed by atoms with E-state index < -0.39 is 5.41 Å². The molecule has 1 fully saturated rings. The number of allylic oxidation sites excluding steroid dienone is 1. The molecular weight excluding hydrogens is 393 g/mol. The van der Waals surface area contributed by atoms with Crippen LogP contribution in [0.15, 0.2) is 54.6 Å². The number of rotatable bonds is 3. The molecule has 28 heavy (non-hydrogen) atoms. The van der Waals surface area contributed by atoms with Crippen LogP contribution >= 0.6 is 23.2 Å². The van der Waals surface area contributed by atoms with Gasteiger partial charge in [-0.2, -0.15) is 0 Å². The van der Waals surface area contributed by atoms with Crippen LogP contribution in [0, 0.1) is 11.3 Å². The molecule has 4 rings (SSSR count). The Kier molecular flexibility index (Phi) is 4.93. The third-order valence-corrected chi connectivity index (χ3v) is 7.05. The number of amides is 1.